The third kappa shape index (κ3) is 4.45. The van der Waals surface area contributed by atoms with E-state index in [1.807, 2.05) is 43.3 Å². The van der Waals surface area contributed by atoms with Crippen molar-refractivity contribution in [3.63, 3.8) is 0 Å². The van der Waals surface area contributed by atoms with E-state index >= 15 is 0 Å². The smallest absolute Gasteiger partial charge is 0.336 e. The summed E-state index contributed by atoms with van der Waals surface area (Å²) < 4.78 is 5.42. The molecule has 0 saturated carbocycles. The van der Waals surface area contributed by atoms with Gasteiger partial charge in [-0.25, -0.2) is 9.59 Å². The molecular weight excluding hydrogens is 396 g/mol. The second kappa shape index (κ2) is 8.63. The van der Waals surface area contributed by atoms with Gasteiger partial charge in [0.25, 0.3) is 0 Å². The largest absolute Gasteiger partial charge is 0.481 e. The number of rotatable bonds is 4. The maximum absolute atomic E-state index is 12.5. The lowest BCUT2D eigenvalue weighted by molar-refractivity contribution is -0.143. The van der Waals surface area contributed by atoms with Gasteiger partial charge in [-0.3, -0.25) is 4.79 Å². The molecular formula is C24H24N2O5. The third-order valence-corrected chi connectivity index (χ3v) is 5.75. The minimum atomic E-state index is -0.869. The van der Waals surface area contributed by atoms with Crippen LogP contribution in [0.15, 0.2) is 57.7 Å². The van der Waals surface area contributed by atoms with Crippen LogP contribution >= 0.6 is 0 Å². The summed E-state index contributed by atoms with van der Waals surface area (Å²) in [5, 5.41) is 12.9. The van der Waals surface area contributed by atoms with Crippen molar-refractivity contribution in [2.75, 3.05) is 13.1 Å². The van der Waals surface area contributed by atoms with Crippen molar-refractivity contribution in [1.29, 1.82) is 0 Å². The first-order valence-electron chi connectivity index (χ1n) is 10.3. The Morgan fingerprint density at radius 3 is 2.74 bits per heavy atom. The molecule has 0 aliphatic carbocycles. The van der Waals surface area contributed by atoms with Gasteiger partial charge in [0, 0.05) is 36.7 Å². The molecule has 7 heteroatoms. The number of piperidine rings is 1. The number of likely N-dealkylation sites (tertiary alicyclic amines) is 1. The van der Waals surface area contributed by atoms with Crippen molar-refractivity contribution >= 4 is 23.0 Å². The third-order valence-electron chi connectivity index (χ3n) is 5.75. The maximum atomic E-state index is 12.5. The molecule has 1 saturated heterocycles. The Labute approximate surface area is 179 Å². The molecule has 31 heavy (non-hydrogen) atoms. The zero-order chi connectivity index (χ0) is 22.0. The van der Waals surface area contributed by atoms with Crippen molar-refractivity contribution in [3.05, 3.63) is 70.1 Å². The Morgan fingerprint density at radius 2 is 1.97 bits per heavy atom. The molecule has 2 amide bonds. The molecule has 7 nitrogen and oxygen atoms in total. The molecule has 0 unspecified atom stereocenters. The zero-order valence-electron chi connectivity index (χ0n) is 17.3. The van der Waals surface area contributed by atoms with Crippen LogP contribution in [-0.2, 0) is 11.3 Å². The van der Waals surface area contributed by atoms with Crippen molar-refractivity contribution in [1.82, 2.24) is 10.2 Å². The first-order valence-corrected chi connectivity index (χ1v) is 10.3. The fourth-order valence-electron chi connectivity index (χ4n) is 4.07. The predicted molar refractivity (Wildman–Crippen MR) is 117 cm³/mol. The van der Waals surface area contributed by atoms with Gasteiger partial charge in [-0.1, -0.05) is 36.4 Å². The first kappa shape index (κ1) is 20.7. The lowest BCUT2D eigenvalue weighted by atomic mass is 9.97. The van der Waals surface area contributed by atoms with Gasteiger partial charge in [0.2, 0.25) is 0 Å². The number of nitrogens with zero attached hydrogens (tertiary/aromatic N) is 1. The molecule has 1 aromatic heterocycles. The highest BCUT2D eigenvalue weighted by molar-refractivity contribution is 5.94. The molecule has 1 fully saturated rings. The second-order valence-corrected chi connectivity index (χ2v) is 7.91. The SMILES string of the molecule is Cc1ccccc1-c1cc(=O)oc2cc(CNC(=O)N3CCC[C@H](C(=O)O)C3)ccc12. The summed E-state index contributed by atoms with van der Waals surface area (Å²) in [7, 11) is 0. The summed E-state index contributed by atoms with van der Waals surface area (Å²) in [5.41, 5.74) is 3.67. The first-order chi connectivity index (χ1) is 14.9. The number of carboxylic acids is 1. The van der Waals surface area contributed by atoms with Crippen LogP contribution in [-0.4, -0.2) is 35.1 Å². The molecule has 1 aliphatic heterocycles. The number of carbonyl (C=O) groups is 2. The molecule has 2 N–H and O–H groups in total. The molecule has 160 valence electrons. The van der Waals surface area contributed by atoms with Gasteiger partial charge in [-0.05, 0) is 42.5 Å². The van der Waals surface area contributed by atoms with E-state index in [2.05, 4.69) is 5.32 Å². The van der Waals surface area contributed by atoms with Crippen molar-refractivity contribution in [3.8, 4) is 11.1 Å². The lowest BCUT2D eigenvalue weighted by Crippen LogP contribution is -2.46. The van der Waals surface area contributed by atoms with E-state index in [-0.39, 0.29) is 19.1 Å². The summed E-state index contributed by atoms with van der Waals surface area (Å²) >= 11 is 0. The number of carbonyl (C=O) groups excluding carboxylic acids is 1. The van der Waals surface area contributed by atoms with Crippen LogP contribution in [0.4, 0.5) is 4.79 Å². The number of benzene rings is 2. The summed E-state index contributed by atoms with van der Waals surface area (Å²) in [5.74, 6) is -1.39. The van der Waals surface area contributed by atoms with Gasteiger partial charge in [0.15, 0.2) is 0 Å². The summed E-state index contributed by atoms with van der Waals surface area (Å²) in [4.78, 5) is 37.4. The van der Waals surface area contributed by atoms with E-state index in [4.69, 9.17) is 4.42 Å². The average molecular weight is 420 g/mol. The van der Waals surface area contributed by atoms with Crippen LogP contribution in [0.2, 0.25) is 0 Å². The van der Waals surface area contributed by atoms with E-state index in [0.29, 0.717) is 25.0 Å². The quantitative estimate of drug-likeness (QED) is 0.626. The number of carboxylic acid groups (broad SMARTS) is 1. The van der Waals surface area contributed by atoms with Crippen LogP contribution in [0, 0.1) is 12.8 Å². The fraction of sp³-hybridized carbons (Fsp3) is 0.292. The average Bonchev–Trinajstić information content (AvgIpc) is 2.77. The number of hydrogen-bond acceptors (Lipinski definition) is 4. The van der Waals surface area contributed by atoms with Crippen LogP contribution < -0.4 is 10.9 Å². The topological polar surface area (TPSA) is 99.9 Å². The van der Waals surface area contributed by atoms with E-state index < -0.39 is 17.5 Å². The molecule has 1 aliphatic rings. The van der Waals surface area contributed by atoms with E-state index in [0.717, 1.165) is 27.6 Å². The second-order valence-electron chi connectivity index (χ2n) is 7.91. The Bertz CT molecular complexity index is 1200. The maximum Gasteiger partial charge on any atom is 0.336 e. The molecule has 1 atom stereocenters. The number of aliphatic carboxylic acids is 1. The Balaban J connectivity index is 1.54. The van der Waals surface area contributed by atoms with Gasteiger partial charge in [-0.2, -0.15) is 0 Å². The van der Waals surface area contributed by atoms with Crippen molar-refractivity contribution < 1.29 is 19.1 Å². The predicted octanol–water partition coefficient (Wildman–Crippen LogP) is 3.77. The highest BCUT2D eigenvalue weighted by Crippen LogP contribution is 2.30. The van der Waals surface area contributed by atoms with Crippen molar-refractivity contribution in [2.24, 2.45) is 5.92 Å². The Kier molecular flexibility index (Phi) is 5.75. The van der Waals surface area contributed by atoms with Gasteiger partial charge >= 0.3 is 17.6 Å². The Morgan fingerprint density at radius 1 is 1.16 bits per heavy atom. The molecule has 3 aromatic rings. The molecule has 0 radical (unpaired) electrons. The normalized spacial score (nSPS) is 16.3. The zero-order valence-corrected chi connectivity index (χ0v) is 17.3. The van der Waals surface area contributed by atoms with Gasteiger partial charge in [-0.15, -0.1) is 0 Å². The minimum Gasteiger partial charge on any atom is -0.481 e. The standard InChI is InChI=1S/C24H24N2O5/c1-15-5-2-3-7-18(15)20-12-22(27)31-21-11-16(8-9-19(20)21)13-25-24(30)26-10-4-6-17(14-26)23(28)29/h2-3,5,7-9,11-12,17H,4,6,10,13-14H2,1H3,(H,25,30)(H,28,29)/t17-/m0/s1. The summed E-state index contributed by atoms with van der Waals surface area (Å²) in [6, 6.07) is 14.6. The monoisotopic (exact) mass is 420 g/mol. The van der Waals surface area contributed by atoms with E-state index in [1.54, 1.807) is 11.0 Å². The van der Waals surface area contributed by atoms with Crippen LogP contribution in [0.3, 0.4) is 0 Å². The summed E-state index contributed by atoms with van der Waals surface area (Å²) in [6.07, 6.45) is 1.26. The van der Waals surface area contributed by atoms with Gasteiger partial charge in [0.1, 0.15) is 5.58 Å². The van der Waals surface area contributed by atoms with Crippen LogP contribution in [0.25, 0.3) is 22.1 Å². The van der Waals surface area contributed by atoms with Crippen LogP contribution in [0.5, 0.6) is 0 Å². The highest BCUT2D eigenvalue weighted by Gasteiger charge is 2.27. The van der Waals surface area contributed by atoms with E-state index in [1.165, 1.54) is 6.07 Å². The Hall–Kier alpha value is -3.61. The van der Waals surface area contributed by atoms with Gasteiger partial charge < -0.3 is 19.7 Å². The summed E-state index contributed by atoms with van der Waals surface area (Å²) in [6.45, 7) is 3.01. The fourth-order valence-corrected chi connectivity index (χ4v) is 4.07. The number of aryl methyl sites for hydroxylation is 1. The van der Waals surface area contributed by atoms with Crippen molar-refractivity contribution in [2.45, 2.75) is 26.3 Å². The minimum absolute atomic E-state index is 0.216. The number of hydrogen-bond donors (Lipinski definition) is 2. The van der Waals surface area contributed by atoms with Gasteiger partial charge in [0.05, 0.1) is 5.92 Å². The molecule has 0 spiro atoms. The number of nitrogens with one attached hydrogen (secondary N) is 1. The highest BCUT2D eigenvalue weighted by atomic mass is 16.4. The molecule has 2 heterocycles. The number of amides is 2. The molecule has 0 bridgehead atoms. The molecule has 2 aromatic carbocycles. The molecule has 4 rings (SSSR count). The lowest BCUT2D eigenvalue weighted by Gasteiger charge is -2.30. The van der Waals surface area contributed by atoms with E-state index in [9.17, 15) is 19.5 Å². The number of fused-ring (bicyclic) bond motifs is 1. The van der Waals surface area contributed by atoms with Crippen LogP contribution in [0.1, 0.15) is 24.0 Å². The number of urea groups is 1.